The Hall–Kier alpha value is -2.27. The van der Waals surface area contributed by atoms with Gasteiger partial charge in [0.1, 0.15) is 5.60 Å². The molecule has 0 amide bonds. The van der Waals surface area contributed by atoms with E-state index in [1.165, 1.54) is 0 Å². The Morgan fingerprint density at radius 1 is 1.08 bits per heavy atom. The van der Waals surface area contributed by atoms with Crippen molar-refractivity contribution in [3.8, 4) is 0 Å². The number of rotatable bonds is 2. The molecule has 0 saturated heterocycles. The normalized spacial score (nSPS) is 18.0. The lowest BCUT2D eigenvalue weighted by molar-refractivity contribution is -0.106. The number of fused-ring (bicyclic) bond motifs is 5. The van der Waals surface area contributed by atoms with Crippen molar-refractivity contribution in [2.24, 2.45) is 0 Å². The van der Waals surface area contributed by atoms with Gasteiger partial charge < -0.3 is 9.14 Å². The van der Waals surface area contributed by atoms with Gasteiger partial charge in [0.2, 0.25) is 0 Å². The SMILES string of the molecule is CCCc1ccc2c(ccn3c4c(c(=O)nc23)C(C)(C)OC4(C)C)n1. The van der Waals surface area contributed by atoms with Crippen molar-refractivity contribution in [1.29, 1.82) is 0 Å². The molecule has 3 aromatic heterocycles. The minimum absolute atomic E-state index is 0.212. The molecule has 1 aliphatic heterocycles. The molecule has 4 heterocycles. The fraction of sp³-hybridized carbons (Fsp3) is 0.450. The Bertz CT molecular complexity index is 1060. The number of hydrogen-bond donors (Lipinski definition) is 0. The van der Waals surface area contributed by atoms with Gasteiger partial charge in [-0.1, -0.05) is 13.3 Å². The van der Waals surface area contributed by atoms with Gasteiger partial charge in [-0.05, 0) is 52.3 Å². The van der Waals surface area contributed by atoms with Crippen LogP contribution in [0.3, 0.4) is 0 Å². The Labute approximate surface area is 146 Å². The summed E-state index contributed by atoms with van der Waals surface area (Å²) in [6, 6.07) is 6.04. The van der Waals surface area contributed by atoms with Crippen molar-refractivity contribution in [2.75, 3.05) is 0 Å². The number of nitrogens with zero attached hydrogens (tertiary/aromatic N) is 3. The van der Waals surface area contributed by atoms with E-state index in [-0.39, 0.29) is 5.56 Å². The van der Waals surface area contributed by atoms with E-state index in [2.05, 4.69) is 11.9 Å². The van der Waals surface area contributed by atoms with E-state index in [1.807, 2.05) is 56.5 Å². The first-order valence-corrected chi connectivity index (χ1v) is 8.81. The van der Waals surface area contributed by atoms with Crippen LogP contribution < -0.4 is 5.56 Å². The number of ether oxygens (including phenoxy) is 1. The van der Waals surface area contributed by atoms with Crippen LogP contribution in [0.5, 0.6) is 0 Å². The van der Waals surface area contributed by atoms with Crippen LogP contribution in [0.15, 0.2) is 29.2 Å². The molecular weight excluding hydrogens is 314 g/mol. The number of aryl methyl sites for hydroxylation is 1. The summed E-state index contributed by atoms with van der Waals surface area (Å²) in [5.41, 5.74) is 2.68. The molecule has 0 unspecified atom stereocenters. The van der Waals surface area contributed by atoms with Crippen LogP contribution in [0.4, 0.5) is 0 Å². The first-order valence-electron chi connectivity index (χ1n) is 8.81. The molecule has 4 rings (SSSR count). The number of pyridine rings is 2. The zero-order valence-electron chi connectivity index (χ0n) is 15.4. The van der Waals surface area contributed by atoms with Gasteiger partial charge in [0.05, 0.1) is 22.4 Å². The third kappa shape index (κ3) is 2.29. The van der Waals surface area contributed by atoms with E-state index in [0.717, 1.165) is 35.1 Å². The second-order valence-corrected chi connectivity index (χ2v) is 7.76. The van der Waals surface area contributed by atoms with Crippen molar-refractivity contribution in [1.82, 2.24) is 14.4 Å². The highest BCUT2D eigenvalue weighted by Crippen LogP contribution is 2.45. The second kappa shape index (κ2) is 5.11. The highest BCUT2D eigenvalue weighted by Gasteiger charge is 2.47. The van der Waals surface area contributed by atoms with E-state index in [1.54, 1.807) is 0 Å². The molecule has 5 nitrogen and oxygen atoms in total. The van der Waals surface area contributed by atoms with E-state index in [0.29, 0.717) is 11.2 Å². The van der Waals surface area contributed by atoms with Crippen molar-refractivity contribution < 1.29 is 4.74 Å². The molecule has 0 radical (unpaired) electrons. The molecular formula is C20H23N3O2. The van der Waals surface area contributed by atoms with E-state index in [4.69, 9.17) is 9.72 Å². The maximum atomic E-state index is 12.8. The molecule has 1 aliphatic rings. The Morgan fingerprint density at radius 2 is 1.84 bits per heavy atom. The quantitative estimate of drug-likeness (QED) is 0.669. The van der Waals surface area contributed by atoms with Gasteiger partial charge >= 0.3 is 0 Å². The molecule has 0 spiro atoms. The number of aromatic nitrogens is 3. The van der Waals surface area contributed by atoms with Gasteiger partial charge in [-0.25, -0.2) is 0 Å². The molecule has 25 heavy (non-hydrogen) atoms. The highest BCUT2D eigenvalue weighted by atomic mass is 16.5. The second-order valence-electron chi connectivity index (χ2n) is 7.76. The van der Waals surface area contributed by atoms with Gasteiger partial charge in [0, 0.05) is 17.3 Å². The lowest BCUT2D eigenvalue weighted by atomic mass is 9.96. The van der Waals surface area contributed by atoms with Gasteiger partial charge in [-0.3, -0.25) is 9.78 Å². The summed E-state index contributed by atoms with van der Waals surface area (Å²) in [5.74, 6) is 0. The fourth-order valence-electron chi connectivity index (χ4n) is 4.11. The minimum Gasteiger partial charge on any atom is -0.358 e. The monoisotopic (exact) mass is 337 g/mol. The van der Waals surface area contributed by atoms with Crippen LogP contribution >= 0.6 is 0 Å². The van der Waals surface area contributed by atoms with Crippen LogP contribution in [0.1, 0.15) is 58.0 Å². The maximum absolute atomic E-state index is 12.8. The van der Waals surface area contributed by atoms with Gasteiger partial charge in [0.15, 0.2) is 5.65 Å². The summed E-state index contributed by atoms with van der Waals surface area (Å²) in [7, 11) is 0. The Balaban J connectivity index is 2.11. The standard InChI is InChI=1S/C20H23N3O2/c1-6-7-12-8-9-13-14(21-12)10-11-23-16-15(18(24)22-17(13)23)19(2,3)25-20(16,4)5/h8-11H,6-7H2,1-5H3. The van der Waals surface area contributed by atoms with Gasteiger partial charge in [-0.2, -0.15) is 4.98 Å². The average Bonchev–Trinajstić information content (AvgIpc) is 2.72. The molecule has 5 heteroatoms. The largest absolute Gasteiger partial charge is 0.358 e. The van der Waals surface area contributed by atoms with E-state index < -0.39 is 11.2 Å². The van der Waals surface area contributed by atoms with Crippen LogP contribution in [0, 0.1) is 0 Å². The lowest BCUT2D eigenvalue weighted by Gasteiger charge is -2.24. The summed E-state index contributed by atoms with van der Waals surface area (Å²) in [6.07, 6.45) is 3.96. The lowest BCUT2D eigenvalue weighted by Crippen LogP contribution is -2.27. The summed E-state index contributed by atoms with van der Waals surface area (Å²) in [6.45, 7) is 9.99. The van der Waals surface area contributed by atoms with Crippen molar-refractivity contribution in [2.45, 2.75) is 58.7 Å². The first kappa shape index (κ1) is 16.2. The predicted molar refractivity (Wildman–Crippen MR) is 97.9 cm³/mol. The maximum Gasteiger partial charge on any atom is 0.279 e. The molecule has 0 atom stereocenters. The third-order valence-corrected chi connectivity index (χ3v) is 4.92. The highest BCUT2D eigenvalue weighted by molar-refractivity contribution is 5.91. The molecule has 3 aromatic rings. The first-order chi connectivity index (χ1) is 11.7. The minimum atomic E-state index is -0.650. The molecule has 0 saturated carbocycles. The van der Waals surface area contributed by atoms with Crippen LogP contribution in [-0.4, -0.2) is 14.4 Å². The summed E-state index contributed by atoms with van der Waals surface area (Å²) < 4.78 is 8.18. The molecule has 0 bridgehead atoms. The number of hydrogen-bond acceptors (Lipinski definition) is 4. The van der Waals surface area contributed by atoms with Crippen molar-refractivity contribution in [3.05, 3.63) is 51.7 Å². The average molecular weight is 337 g/mol. The zero-order chi connectivity index (χ0) is 18.0. The Morgan fingerprint density at radius 3 is 2.56 bits per heavy atom. The Kier molecular flexibility index (Phi) is 3.32. The van der Waals surface area contributed by atoms with E-state index >= 15 is 0 Å². The molecule has 0 aromatic carbocycles. The third-order valence-electron chi connectivity index (χ3n) is 4.92. The van der Waals surface area contributed by atoms with Crippen LogP contribution in [0.2, 0.25) is 0 Å². The topological polar surface area (TPSA) is 56.5 Å². The molecule has 0 aliphatic carbocycles. The molecule has 0 fully saturated rings. The van der Waals surface area contributed by atoms with Crippen molar-refractivity contribution >= 4 is 16.6 Å². The smallest absolute Gasteiger partial charge is 0.279 e. The predicted octanol–water partition coefficient (Wildman–Crippen LogP) is 3.70. The van der Waals surface area contributed by atoms with Crippen LogP contribution in [0.25, 0.3) is 16.6 Å². The van der Waals surface area contributed by atoms with Gasteiger partial charge in [-0.15, -0.1) is 0 Å². The molecule has 0 N–H and O–H groups in total. The molecule has 130 valence electrons. The van der Waals surface area contributed by atoms with Crippen molar-refractivity contribution in [3.63, 3.8) is 0 Å². The summed E-state index contributed by atoms with van der Waals surface area (Å²) >= 11 is 0. The summed E-state index contributed by atoms with van der Waals surface area (Å²) in [4.78, 5) is 21.9. The van der Waals surface area contributed by atoms with E-state index in [9.17, 15) is 4.79 Å². The fourth-order valence-corrected chi connectivity index (χ4v) is 4.11. The van der Waals surface area contributed by atoms with Gasteiger partial charge in [0.25, 0.3) is 5.56 Å². The zero-order valence-corrected chi connectivity index (χ0v) is 15.4. The summed E-state index contributed by atoms with van der Waals surface area (Å²) in [5, 5.41) is 0.891. The van der Waals surface area contributed by atoms with Crippen LogP contribution in [-0.2, 0) is 22.4 Å².